The van der Waals surface area contributed by atoms with Crippen LogP contribution in [-0.2, 0) is 0 Å². The van der Waals surface area contributed by atoms with E-state index in [0.29, 0.717) is 23.8 Å². The molecular weight excluding hydrogens is 209 g/mol. The molecule has 1 heterocycles. The van der Waals surface area contributed by atoms with Crippen molar-refractivity contribution in [2.24, 2.45) is 0 Å². The van der Waals surface area contributed by atoms with Gasteiger partial charge in [0, 0.05) is 5.56 Å². The highest BCUT2D eigenvalue weighted by atomic mass is 19.1. The first-order chi connectivity index (χ1) is 7.70. The van der Waals surface area contributed by atoms with Crippen molar-refractivity contribution >= 4 is 5.95 Å². The molecule has 0 aliphatic carbocycles. The summed E-state index contributed by atoms with van der Waals surface area (Å²) in [6, 6.07) is 4.73. The molecule has 0 unspecified atom stereocenters. The van der Waals surface area contributed by atoms with Gasteiger partial charge in [0.2, 0.25) is 0 Å². The van der Waals surface area contributed by atoms with E-state index < -0.39 is 5.82 Å². The second-order valence-corrected chi connectivity index (χ2v) is 3.26. The minimum atomic E-state index is -0.396. The van der Waals surface area contributed by atoms with Crippen LogP contribution in [0.3, 0.4) is 0 Å². The van der Waals surface area contributed by atoms with Crippen LogP contribution >= 0.6 is 0 Å². The minimum Gasteiger partial charge on any atom is -0.491 e. The molecule has 0 radical (unpaired) electrons. The van der Waals surface area contributed by atoms with Gasteiger partial charge in [0.1, 0.15) is 0 Å². The summed E-state index contributed by atoms with van der Waals surface area (Å²) in [6.45, 7) is 2.25. The lowest BCUT2D eigenvalue weighted by molar-refractivity contribution is 0.321. The summed E-state index contributed by atoms with van der Waals surface area (Å²) in [4.78, 5) is 6.68. The van der Waals surface area contributed by atoms with Gasteiger partial charge in [-0.3, -0.25) is 0 Å². The number of aromatic nitrogens is 2. The molecule has 0 saturated heterocycles. The Hall–Kier alpha value is -2.04. The molecule has 0 aliphatic rings. The number of nitrogens with zero attached hydrogens (tertiary/aromatic N) is 1. The van der Waals surface area contributed by atoms with E-state index in [4.69, 9.17) is 10.5 Å². The Morgan fingerprint density at radius 3 is 2.88 bits per heavy atom. The first kappa shape index (κ1) is 10.5. The van der Waals surface area contributed by atoms with Gasteiger partial charge in [-0.25, -0.2) is 9.37 Å². The Morgan fingerprint density at radius 2 is 2.31 bits per heavy atom. The molecule has 1 aromatic carbocycles. The molecule has 0 saturated carbocycles. The first-order valence-corrected chi connectivity index (χ1v) is 4.94. The third-order valence-corrected chi connectivity index (χ3v) is 2.14. The number of imidazole rings is 1. The van der Waals surface area contributed by atoms with Crippen LogP contribution < -0.4 is 10.5 Å². The van der Waals surface area contributed by atoms with E-state index in [0.717, 1.165) is 0 Å². The number of anilines is 1. The Kier molecular flexibility index (Phi) is 2.76. The number of H-pyrrole nitrogens is 1. The van der Waals surface area contributed by atoms with Gasteiger partial charge in [-0.1, -0.05) is 0 Å². The number of aromatic amines is 1. The van der Waals surface area contributed by atoms with Crippen molar-refractivity contribution in [3.05, 3.63) is 30.2 Å². The lowest BCUT2D eigenvalue weighted by Crippen LogP contribution is -1.94. The second kappa shape index (κ2) is 4.22. The van der Waals surface area contributed by atoms with Crippen LogP contribution in [0.2, 0.25) is 0 Å². The zero-order valence-corrected chi connectivity index (χ0v) is 8.83. The van der Waals surface area contributed by atoms with Crippen LogP contribution in [0.1, 0.15) is 6.92 Å². The first-order valence-electron chi connectivity index (χ1n) is 4.94. The van der Waals surface area contributed by atoms with E-state index in [9.17, 15) is 4.39 Å². The molecule has 84 valence electrons. The minimum absolute atomic E-state index is 0.249. The van der Waals surface area contributed by atoms with Gasteiger partial charge in [0.05, 0.1) is 18.5 Å². The monoisotopic (exact) mass is 221 g/mol. The van der Waals surface area contributed by atoms with Gasteiger partial charge in [0.15, 0.2) is 17.5 Å². The van der Waals surface area contributed by atoms with Crippen molar-refractivity contribution in [3.8, 4) is 17.0 Å². The van der Waals surface area contributed by atoms with Crippen LogP contribution in [0.15, 0.2) is 24.4 Å². The molecule has 0 atom stereocenters. The van der Waals surface area contributed by atoms with Crippen molar-refractivity contribution in [1.82, 2.24) is 9.97 Å². The van der Waals surface area contributed by atoms with Crippen molar-refractivity contribution in [1.29, 1.82) is 0 Å². The van der Waals surface area contributed by atoms with Crippen LogP contribution in [-0.4, -0.2) is 16.6 Å². The van der Waals surface area contributed by atoms with E-state index in [1.807, 2.05) is 6.92 Å². The quantitative estimate of drug-likeness (QED) is 0.835. The number of ether oxygens (including phenoxy) is 1. The number of hydrogen-bond donors (Lipinski definition) is 2. The standard InChI is InChI=1S/C11H12FN3O/c1-2-16-10-4-3-7(5-8(10)12)9-6-14-11(13)15-9/h3-6H,2H2,1H3,(H3,13,14,15). The van der Waals surface area contributed by atoms with Gasteiger partial charge in [-0.05, 0) is 25.1 Å². The number of nitrogen functional groups attached to an aromatic ring is 1. The molecule has 5 heteroatoms. The number of nitrogens with one attached hydrogen (secondary N) is 1. The summed E-state index contributed by atoms with van der Waals surface area (Å²) in [5.41, 5.74) is 6.81. The Morgan fingerprint density at radius 1 is 1.50 bits per heavy atom. The van der Waals surface area contributed by atoms with Crippen molar-refractivity contribution in [2.45, 2.75) is 6.92 Å². The lowest BCUT2D eigenvalue weighted by atomic mass is 10.1. The Balaban J connectivity index is 2.34. The van der Waals surface area contributed by atoms with E-state index in [2.05, 4.69) is 9.97 Å². The van der Waals surface area contributed by atoms with Crippen LogP contribution in [0, 0.1) is 5.82 Å². The summed E-state index contributed by atoms with van der Waals surface area (Å²) in [6.07, 6.45) is 1.56. The van der Waals surface area contributed by atoms with Gasteiger partial charge in [-0.15, -0.1) is 0 Å². The maximum absolute atomic E-state index is 13.5. The average Bonchev–Trinajstić information content (AvgIpc) is 2.68. The normalized spacial score (nSPS) is 10.4. The number of halogens is 1. The van der Waals surface area contributed by atoms with Crippen molar-refractivity contribution in [2.75, 3.05) is 12.3 Å². The highest BCUT2D eigenvalue weighted by Crippen LogP contribution is 2.24. The molecule has 0 amide bonds. The fourth-order valence-corrected chi connectivity index (χ4v) is 1.42. The van der Waals surface area contributed by atoms with Crippen LogP contribution in [0.5, 0.6) is 5.75 Å². The zero-order valence-electron chi connectivity index (χ0n) is 8.83. The smallest absolute Gasteiger partial charge is 0.197 e. The van der Waals surface area contributed by atoms with E-state index in [1.54, 1.807) is 18.3 Å². The third-order valence-electron chi connectivity index (χ3n) is 2.14. The van der Waals surface area contributed by atoms with Gasteiger partial charge < -0.3 is 15.5 Å². The molecule has 4 nitrogen and oxygen atoms in total. The van der Waals surface area contributed by atoms with Gasteiger partial charge in [-0.2, -0.15) is 0 Å². The van der Waals surface area contributed by atoms with Crippen LogP contribution in [0.4, 0.5) is 10.3 Å². The molecule has 0 aliphatic heterocycles. The fourth-order valence-electron chi connectivity index (χ4n) is 1.42. The summed E-state index contributed by atoms with van der Waals surface area (Å²) in [5.74, 6) is 0.163. The summed E-state index contributed by atoms with van der Waals surface area (Å²) in [5, 5.41) is 0. The second-order valence-electron chi connectivity index (χ2n) is 3.26. The largest absolute Gasteiger partial charge is 0.491 e. The zero-order chi connectivity index (χ0) is 11.5. The predicted octanol–water partition coefficient (Wildman–Crippen LogP) is 2.20. The number of hydrogen-bond acceptors (Lipinski definition) is 3. The molecule has 0 spiro atoms. The molecule has 0 fully saturated rings. The molecular formula is C11H12FN3O. The van der Waals surface area contributed by atoms with Gasteiger partial charge >= 0.3 is 0 Å². The van der Waals surface area contributed by atoms with Crippen molar-refractivity contribution in [3.63, 3.8) is 0 Å². The highest BCUT2D eigenvalue weighted by Gasteiger charge is 2.07. The average molecular weight is 221 g/mol. The highest BCUT2D eigenvalue weighted by molar-refractivity contribution is 5.61. The molecule has 2 rings (SSSR count). The van der Waals surface area contributed by atoms with E-state index in [-0.39, 0.29) is 5.75 Å². The molecule has 16 heavy (non-hydrogen) atoms. The molecule has 2 aromatic rings. The molecule has 0 bridgehead atoms. The van der Waals surface area contributed by atoms with Gasteiger partial charge in [0.25, 0.3) is 0 Å². The Bertz CT molecular complexity index is 496. The number of rotatable bonds is 3. The maximum Gasteiger partial charge on any atom is 0.197 e. The Labute approximate surface area is 92.3 Å². The SMILES string of the molecule is CCOc1ccc(-c2cnc(N)[nH]2)cc1F. The fraction of sp³-hybridized carbons (Fsp3) is 0.182. The summed E-state index contributed by atoms with van der Waals surface area (Å²) < 4.78 is 18.6. The van der Waals surface area contributed by atoms with E-state index in [1.165, 1.54) is 6.07 Å². The summed E-state index contributed by atoms with van der Waals surface area (Å²) in [7, 11) is 0. The van der Waals surface area contributed by atoms with Crippen LogP contribution in [0.25, 0.3) is 11.3 Å². The molecule has 1 aromatic heterocycles. The number of benzene rings is 1. The third kappa shape index (κ3) is 1.98. The van der Waals surface area contributed by atoms with E-state index >= 15 is 0 Å². The summed E-state index contributed by atoms with van der Waals surface area (Å²) >= 11 is 0. The maximum atomic E-state index is 13.5. The number of nitrogens with two attached hydrogens (primary N) is 1. The topological polar surface area (TPSA) is 63.9 Å². The lowest BCUT2D eigenvalue weighted by Gasteiger charge is -2.05. The predicted molar refractivity (Wildman–Crippen MR) is 59.6 cm³/mol. The molecule has 3 N–H and O–H groups in total. The van der Waals surface area contributed by atoms with Crippen molar-refractivity contribution < 1.29 is 9.13 Å².